The SMILES string of the molecule is C=C(C)C.C=C(C)C.ClSCl. The van der Waals surface area contributed by atoms with Crippen LogP contribution >= 0.6 is 31.6 Å². The second-order valence-electron chi connectivity index (χ2n) is 2.47. The van der Waals surface area contributed by atoms with Crippen molar-refractivity contribution in [2.24, 2.45) is 0 Å². The molecule has 0 aliphatic carbocycles. The van der Waals surface area contributed by atoms with Crippen LogP contribution in [0.4, 0.5) is 0 Å². The first-order valence-electron chi connectivity index (χ1n) is 3.02. The Morgan fingerprint density at radius 2 is 0.909 bits per heavy atom. The van der Waals surface area contributed by atoms with E-state index < -0.39 is 0 Å². The molecular formula is C8H16Cl2S. The summed E-state index contributed by atoms with van der Waals surface area (Å²) in [5.74, 6) is 0. The first-order valence-corrected chi connectivity index (χ1v) is 5.48. The molecule has 3 heteroatoms. The molecule has 0 aromatic rings. The van der Waals surface area contributed by atoms with Crippen LogP contribution < -0.4 is 0 Å². The second kappa shape index (κ2) is 16.8. The van der Waals surface area contributed by atoms with Gasteiger partial charge in [0, 0.05) is 0 Å². The molecule has 0 aromatic carbocycles. The maximum absolute atomic E-state index is 4.68. The summed E-state index contributed by atoms with van der Waals surface area (Å²) in [4.78, 5) is 0. The Labute approximate surface area is 83.7 Å². The van der Waals surface area contributed by atoms with Gasteiger partial charge < -0.3 is 0 Å². The molecule has 0 rings (SSSR count). The monoisotopic (exact) mass is 214 g/mol. The molecule has 0 aliphatic rings. The average molecular weight is 215 g/mol. The maximum Gasteiger partial charge on any atom is 0.0523 e. The summed E-state index contributed by atoms with van der Waals surface area (Å²) in [6.45, 7) is 15.0. The molecule has 0 spiro atoms. The summed E-state index contributed by atoms with van der Waals surface area (Å²) in [5, 5.41) is 0. The van der Waals surface area contributed by atoms with E-state index in [-0.39, 0.29) is 0 Å². The first kappa shape index (κ1) is 17.5. The van der Waals surface area contributed by atoms with Gasteiger partial charge in [0.15, 0.2) is 0 Å². The van der Waals surface area contributed by atoms with Gasteiger partial charge in [0.2, 0.25) is 0 Å². The Hall–Kier alpha value is 0.410. The maximum atomic E-state index is 4.68. The number of rotatable bonds is 0. The van der Waals surface area contributed by atoms with Crippen LogP contribution in [-0.4, -0.2) is 0 Å². The average Bonchev–Trinajstić information content (AvgIpc) is 1.60. The molecule has 0 saturated carbocycles. The van der Waals surface area contributed by atoms with Crippen molar-refractivity contribution in [1.29, 1.82) is 0 Å². The summed E-state index contributed by atoms with van der Waals surface area (Å²) in [7, 11) is 10.1. The van der Waals surface area contributed by atoms with E-state index >= 15 is 0 Å². The number of hydrogen-bond donors (Lipinski definition) is 0. The molecule has 0 unspecified atom stereocenters. The van der Waals surface area contributed by atoms with E-state index in [1.54, 1.807) is 0 Å². The zero-order valence-corrected chi connectivity index (χ0v) is 9.91. The van der Waals surface area contributed by atoms with Crippen molar-refractivity contribution in [3.8, 4) is 0 Å². The molecule has 68 valence electrons. The van der Waals surface area contributed by atoms with Crippen LogP contribution in [-0.2, 0) is 0 Å². The highest BCUT2D eigenvalue weighted by Crippen LogP contribution is 2.08. The fourth-order valence-electron chi connectivity index (χ4n) is 0. The summed E-state index contributed by atoms with van der Waals surface area (Å²) in [6.07, 6.45) is 0. The second-order valence-corrected chi connectivity index (χ2v) is 3.99. The van der Waals surface area contributed by atoms with Crippen molar-refractivity contribution in [3.63, 3.8) is 0 Å². The van der Waals surface area contributed by atoms with E-state index in [1.807, 2.05) is 27.7 Å². The molecule has 0 N–H and O–H groups in total. The molecule has 11 heavy (non-hydrogen) atoms. The molecule has 0 bridgehead atoms. The van der Waals surface area contributed by atoms with Crippen LogP contribution in [0.2, 0.25) is 0 Å². The van der Waals surface area contributed by atoms with E-state index in [9.17, 15) is 0 Å². The van der Waals surface area contributed by atoms with Gasteiger partial charge in [-0.15, -0.1) is 13.2 Å². The zero-order valence-electron chi connectivity index (χ0n) is 7.58. The van der Waals surface area contributed by atoms with Crippen LogP contribution in [0.3, 0.4) is 0 Å². The van der Waals surface area contributed by atoms with E-state index in [0.29, 0.717) is 10.2 Å². The normalized spacial score (nSPS) is 6.36. The standard InChI is InChI=1S/2C4H8.Cl2S/c2*1-4(2)3;1-3-2/h2*1H2,2-3H3;. The molecule has 0 amide bonds. The highest BCUT2D eigenvalue weighted by atomic mass is 36.0. The van der Waals surface area contributed by atoms with Crippen molar-refractivity contribution >= 4 is 31.6 Å². The summed E-state index contributed by atoms with van der Waals surface area (Å²) >= 11 is 0. The van der Waals surface area contributed by atoms with Gasteiger partial charge in [0.05, 0.1) is 10.2 Å². The van der Waals surface area contributed by atoms with Crippen molar-refractivity contribution in [3.05, 3.63) is 24.3 Å². The first-order chi connectivity index (χ1) is 4.88. The topological polar surface area (TPSA) is 0 Å². The van der Waals surface area contributed by atoms with Crippen molar-refractivity contribution in [1.82, 2.24) is 0 Å². The lowest BCUT2D eigenvalue weighted by atomic mass is 10.4. The molecule has 0 nitrogen and oxygen atoms in total. The van der Waals surface area contributed by atoms with Gasteiger partial charge in [-0.3, -0.25) is 0 Å². The van der Waals surface area contributed by atoms with E-state index in [2.05, 4.69) is 34.5 Å². The Bertz CT molecular complexity index is 80.3. The lowest BCUT2D eigenvalue weighted by Crippen LogP contribution is -1.43. The largest absolute Gasteiger partial charge is 0.100 e. The lowest BCUT2D eigenvalue weighted by Gasteiger charge is -1.65. The van der Waals surface area contributed by atoms with Gasteiger partial charge in [-0.1, -0.05) is 11.1 Å². The van der Waals surface area contributed by atoms with Crippen molar-refractivity contribution < 1.29 is 0 Å². The van der Waals surface area contributed by atoms with E-state index in [0.717, 1.165) is 0 Å². The minimum Gasteiger partial charge on any atom is -0.100 e. The van der Waals surface area contributed by atoms with E-state index in [4.69, 9.17) is 0 Å². The highest BCUT2D eigenvalue weighted by molar-refractivity contribution is 8.38. The van der Waals surface area contributed by atoms with Crippen LogP contribution in [0.25, 0.3) is 0 Å². The molecular weight excluding hydrogens is 199 g/mol. The van der Waals surface area contributed by atoms with Crippen molar-refractivity contribution in [2.45, 2.75) is 27.7 Å². The fraction of sp³-hybridized carbons (Fsp3) is 0.500. The molecule has 0 fully saturated rings. The van der Waals surface area contributed by atoms with Crippen LogP contribution in [0.15, 0.2) is 24.3 Å². The number of halogens is 2. The third-order valence-electron chi connectivity index (χ3n) is 0. The van der Waals surface area contributed by atoms with Gasteiger partial charge >= 0.3 is 0 Å². The fourth-order valence-corrected chi connectivity index (χ4v) is 0. The third-order valence-corrected chi connectivity index (χ3v) is 0. The predicted octanol–water partition coefficient (Wildman–Crippen LogP) is 5.19. The Morgan fingerprint density at radius 3 is 0.909 bits per heavy atom. The number of allylic oxidation sites excluding steroid dienone is 2. The smallest absolute Gasteiger partial charge is 0.0523 e. The van der Waals surface area contributed by atoms with Crippen LogP contribution in [0.5, 0.6) is 0 Å². The number of hydrogen-bond acceptors (Lipinski definition) is 1. The van der Waals surface area contributed by atoms with Gasteiger partial charge in [-0.05, 0) is 49.1 Å². The molecule has 0 atom stereocenters. The Kier molecular flexibility index (Phi) is 26.7. The Balaban J connectivity index is -0.0000000886. The van der Waals surface area contributed by atoms with E-state index in [1.165, 1.54) is 11.1 Å². The lowest BCUT2D eigenvalue weighted by molar-refractivity contribution is 1.42. The van der Waals surface area contributed by atoms with Gasteiger partial charge in [0.25, 0.3) is 0 Å². The quantitative estimate of drug-likeness (QED) is 0.501. The molecule has 0 aliphatic heterocycles. The van der Waals surface area contributed by atoms with Gasteiger partial charge in [-0.25, -0.2) is 0 Å². The Morgan fingerprint density at radius 1 is 0.909 bits per heavy atom. The summed E-state index contributed by atoms with van der Waals surface area (Å²) in [6, 6.07) is 0. The molecule has 0 aromatic heterocycles. The van der Waals surface area contributed by atoms with Gasteiger partial charge in [-0.2, -0.15) is 0 Å². The molecule has 0 radical (unpaired) electrons. The minimum atomic E-state index is 0.694. The highest BCUT2D eigenvalue weighted by Gasteiger charge is 1.52. The van der Waals surface area contributed by atoms with Crippen molar-refractivity contribution in [2.75, 3.05) is 0 Å². The summed E-state index contributed by atoms with van der Waals surface area (Å²) in [5.41, 5.74) is 2.33. The summed E-state index contributed by atoms with van der Waals surface area (Å²) < 4.78 is 0. The molecule has 0 heterocycles. The van der Waals surface area contributed by atoms with Gasteiger partial charge in [0.1, 0.15) is 0 Å². The minimum absolute atomic E-state index is 0.694. The van der Waals surface area contributed by atoms with Crippen LogP contribution in [0, 0.1) is 0 Å². The molecule has 0 saturated heterocycles. The zero-order chi connectivity index (χ0) is 9.86. The predicted molar refractivity (Wildman–Crippen MR) is 60.3 cm³/mol. The third kappa shape index (κ3) is 4380. The van der Waals surface area contributed by atoms with Crippen LogP contribution in [0.1, 0.15) is 27.7 Å².